The van der Waals surface area contributed by atoms with E-state index in [1.54, 1.807) is 18.3 Å². The fourth-order valence-corrected chi connectivity index (χ4v) is 1.35. The summed E-state index contributed by atoms with van der Waals surface area (Å²) in [6.45, 7) is 1.26. The standard InChI is InChI=1S/C10H10F2N2O/c1-9(6-10(9,11)12)8(15)14-7-3-2-4-13-5-7/h2-5H,6H2,1H3,(H,14,15)/t9-/m1/s1. The second-order valence-electron chi connectivity index (χ2n) is 3.91. The second kappa shape index (κ2) is 2.98. The Hall–Kier alpha value is -1.52. The fraction of sp³-hybridized carbons (Fsp3) is 0.400. The first-order chi connectivity index (χ1) is 6.96. The molecule has 1 aromatic rings. The average molecular weight is 212 g/mol. The molecule has 1 heterocycles. The summed E-state index contributed by atoms with van der Waals surface area (Å²) in [6.07, 6.45) is 2.58. The van der Waals surface area contributed by atoms with Crippen LogP contribution in [0.5, 0.6) is 0 Å². The normalized spacial score (nSPS) is 27.1. The van der Waals surface area contributed by atoms with Crippen molar-refractivity contribution in [2.24, 2.45) is 5.41 Å². The van der Waals surface area contributed by atoms with Crippen LogP contribution >= 0.6 is 0 Å². The van der Waals surface area contributed by atoms with E-state index in [-0.39, 0.29) is 6.42 Å². The summed E-state index contributed by atoms with van der Waals surface area (Å²) in [6, 6.07) is 3.23. The van der Waals surface area contributed by atoms with Gasteiger partial charge in [-0.3, -0.25) is 9.78 Å². The largest absolute Gasteiger partial charge is 0.324 e. The molecule has 1 aromatic heterocycles. The second-order valence-corrected chi connectivity index (χ2v) is 3.91. The maximum Gasteiger partial charge on any atom is 0.263 e. The number of amides is 1. The van der Waals surface area contributed by atoms with Crippen LogP contribution in [0.25, 0.3) is 0 Å². The Bertz CT molecular complexity index is 394. The number of rotatable bonds is 2. The average Bonchev–Trinajstić information content (AvgIpc) is 2.69. The maximum atomic E-state index is 12.9. The molecule has 2 rings (SSSR count). The van der Waals surface area contributed by atoms with Gasteiger partial charge in [-0.25, -0.2) is 8.78 Å². The summed E-state index contributed by atoms with van der Waals surface area (Å²) in [5, 5.41) is 2.42. The van der Waals surface area contributed by atoms with Crippen LogP contribution in [0.4, 0.5) is 14.5 Å². The van der Waals surface area contributed by atoms with Gasteiger partial charge in [0.05, 0.1) is 11.9 Å². The Morgan fingerprint density at radius 3 is 2.73 bits per heavy atom. The smallest absolute Gasteiger partial charge is 0.263 e. The monoisotopic (exact) mass is 212 g/mol. The molecule has 0 spiro atoms. The van der Waals surface area contributed by atoms with Crippen molar-refractivity contribution >= 4 is 11.6 Å². The van der Waals surface area contributed by atoms with E-state index in [1.165, 1.54) is 13.1 Å². The number of carbonyl (C=O) groups is 1. The lowest BCUT2D eigenvalue weighted by molar-refractivity contribution is -0.123. The third kappa shape index (κ3) is 1.58. The highest BCUT2D eigenvalue weighted by molar-refractivity contribution is 5.98. The first-order valence-corrected chi connectivity index (χ1v) is 4.55. The lowest BCUT2D eigenvalue weighted by Gasteiger charge is -2.10. The van der Waals surface area contributed by atoms with E-state index in [0.717, 1.165) is 0 Å². The van der Waals surface area contributed by atoms with Crippen LogP contribution in [-0.2, 0) is 4.79 Å². The molecule has 0 saturated heterocycles. The van der Waals surface area contributed by atoms with Gasteiger partial charge in [0.15, 0.2) is 0 Å². The van der Waals surface area contributed by atoms with Crippen molar-refractivity contribution in [3.63, 3.8) is 0 Å². The summed E-state index contributed by atoms with van der Waals surface area (Å²) in [4.78, 5) is 15.3. The summed E-state index contributed by atoms with van der Waals surface area (Å²) in [7, 11) is 0. The summed E-state index contributed by atoms with van der Waals surface area (Å²) < 4.78 is 25.7. The maximum absolute atomic E-state index is 12.9. The number of carbonyl (C=O) groups excluding carboxylic acids is 1. The Kier molecular flexibility index (Phi) is 1.99. The first kappa shape index (κ1) is 10.0. The molecule has 3 nitrogen and oxygen atoms in total. The highest BCUT2D eigenvalue weighted by Crippen LogP contribution is 2.60. The van der Waals surface area contributed by atoms with Gasteiger partial charge in [0, 0.05) is 12.6 Å². The molecule has 80 valence electrons. The molecule has 1 saturated carbocycles. The third-order valence-corrected chi connectivity index (χ3v) is 2.68. The van der Waals surface area contributed by atoms with Crippen LogP contribution in [-0.4, -0.2) is 16.8 Å². The minimum Gasteiger partial charge on any atom is -0.324 e. The lowest BCUT2D eigenvalue weighted by Crippen LogP contribution is -2.26. The van der Waals surface area contributed by atoms with Gasteiger partial charge in [0.2, 0.25) is 5.91 Å². The minimum atomic E-state index is -2.88. The SMILES string of the molecule is C[C@]1(C(=O)Nc2cccnc2)CC1(F)F. The molecule has 0 radical (unpaired) electrons. The molecule has 0 aliphatic heterocycles. The zero-order valence-electron chi connectivity index (χ0n) is 8.13. The predicted molar refractivity (Wildman–Crippen MR) is 50.5 cm³/mol. The number of hydrogen-bond acceptors (Lipinski definition) is 2. The molecular formula is C10H10F2N2O. The molecule has 0 bridgehead atoms. The molecule has 0 aromatic carbocycles. The molecule has 5 heteroatoms. The number of nitrogens with zero attached hydrogens (tertiary/aromatic N) is 1. The van der Waals surface area contributed by atoms with E-state index in [0.29, 0.717) is 5.69 Å². The molecule has 1 aliphatic carbocycles. The van der Waals surface area contributed by atoms with E-state index in [4.69, 9.17) is 0 Å². The summed E-state index contributed by atoms with van der Waals surface area (Å²) >= 11 is 0. The van der Waals surface area contributed by atoms with E-state index in [1.807, 2.05) is 0 Å². The van der Waals surface area contributed by atoms with Gasteiger partial charge < -0.3 is 5.32 Å². The summed E-state index contributed by atoms with van der Waals surface area (Å²) in [5.74, 6) is -3.53. The number of alkyl halides is 2. The van der Waals surface area contributed by atoms with Gasteiger partial charge in [-0.1, -0.05) is 0 Å². The zero-order valence-corrected chi connectivity index (χ0v) is 8.13. The number of nitrogens with one attached hydrogen (secondary N) is 1. The van der Waals surface area contributed by atoms with Crippen molar-refractivity contribution in [2.45, 2.75) is 19.3 Å². The van der Waals surface area contributed by atoms with Crippen molar-refractivity contribution in [3.8, 4) is 0 Å². The van der Waals surface area contributed by atoms with E-state index in [9.17, 15) is 13.6 Å². The van der Waals surface area contributed by atoms with Gasteiger partial charge in [-0.2, -0.15) is 0 Å². The van der Waals surface area contributed by atoms with E-state index in [2.05, 4.69) is 10.3 Å². The van der Waals surface area contributed by atoms with Crippen LogP contribution in [0.2, 0.25) is 0 Å². The molecule has 1 amide bonds. The van der Waals surface area contributed by atoms with Crippen molar-refractivity contribution in [1.82, 2.24) is 4.98 Å². The Labute approximate surface area is 85.5 Å². The van der Waals surface area contributed by atoms with Crippen LogP contribution in [0.1, 0.15) is 13.3 Å². The number of aromatic nitrogens is 1. The van der Waals surface area contributed by atoms with Crippen LogP contribution in [0.3, 0.4) is 0 Å². The quantitative estimate of drug-likeness (QED) is 0.815. The third-order valence-electron chi connectivity index (χ3n) is 2.68. The fourth-order valence-electron chi connectivity index (χ4n) is 1.35. The number of anilines is 1. The molecule has 1 fully saturated rings. The van der Waals surface area contributed by atoms with Crippen molar-refractivity contribution in [2.75, 3.05) is 5.32 Å². The van der Waals surface area contributed by atoms with Gasteiger partial charge >= 0.3 is 0 Å². The molecule has 15 heavy (non-hydrogen) atoms. The number of hydrogen-bond donors (Lipinski definition) is 1. The van der Waals surface area contributed by atoms with Crippen molar-refractivity contribution in [1.29, 1.82) is 0 Å². The Morgan fingerprint density at radius 2 is 2.27 bits per heavy atom. The van der Waals surface area contributed by atoms with Crippen LogP contribution in [0.15, 0.2) is 24.5 Å². The molecule has 1 atom stereocenters. The van der Waals surface area contributed by atoms with Gasteiger partial charge in [-0.15, -0.1) is 0 Å². The highest BCUT2D eigenvalue weighted by atomic mass is 19.3. The molecular weight excluding hydrogens is 202 g/mol. The van der Waals surface area contributed by atoms with E-state index < -0.39 is 17.2 Å². The van der Waals surface area contributed by atoms with Gasteiger partial charge in [0.25, 0.3) is 5.92 Å². The minimum absolute atomic E-state index is 0.383. The predicted octanol–water partition coefficient (Wildman–Crippen LogP) is 2.07. The van der Waals surface area contributed by atoms with Crippen LogP contribution < -0.4 is 5.32 Å². The van der Waals surface area contributed by atoms with Gasteiger partial charge in [-0.05, 0) is 19.1 Å². The highest BCUT2D eigenvalue weighted by Gasteiger charge is 2.72. The summed E-state index contributed by atoms with van der Waals surface area (Å²) in [5.41, 5.74) is -1.12. The topological polar surface area (TPSA) is 42.0 Å². The Balaban J connectivity index is 2.07. The van der Waals surface area contributed by atoms with Crippen molar-refractivity contribution in [3.05, 3.63) is 24.5 Å². The first-order valence-electron chi connectivity index (χ1n) is 4.55. The van der Waals surface area contributed by atoms with Crippen LogP contribution in [0, 0.1) is 5.41 Å². The molecule has 1 aliphatic rings. The number of pyridine rings is 1. The molecule has 0 unspecified atom stereocenters. The van der Waals surface area contributed by atoms with E-state index >= 15 is 0 Å². The zero-order chi connectivity index (χ0) is 11.1. The van der Waals surface area contributed by atoms with Crippen molar-refractivity contribution < 1.29 is 13.6 Å². The number of halogens is 2. The Morgan fingerprint density at radius 1 is 1.60 bits per heavy atom. The molecule has 1 N–H and O–H groups in total. The lowest BCUT2D eigenvalue weighted by atomic mass is 10.1. The van der Waals surface area contributed by atoms with Gasteiger partial charge in [0.1, 0.15) is 5.41 Å².